The van der Waals surface area contributed by atoms with Gasteiger partial charge in [0.25, 0.3) is 0 Å². The minimum atomic E-state index is 0.611. The van der Waals surface area contributed by atoms with Crippen LogP contribution in [-0.4, -0.2) is 16.5 Å². The van der Waals surface area contributed by atoms with Gasteiger partial charge < -0.3 is 10.6 Å². The molecule has 2 aromatic rings. The monoisotopic (exact) mass is 260 g/mol. The molecule has 92 valence electrons. The summed E-state index contributed by atoms with van der Waals surface area (Å²) >= 11 is 5.94. The lowest BCUT2D eigenvalue weighted by Gasteiger charge is -2.16. The van der Waals surface area contributed by atoms with Crippen molar-refractivity contribution in [3.63, 3.8) is 0 Å². The Morgan fingerprint density at radius 1 is 1.33 bits per heavy atom. The lowest BCUT2D eigenvalue weighted by atomic mass is 10.1. The zero-order valence-corrected chi connectivity index (χ0v) is 10.5. The fourth-order valence-corrected chi connectivity index (χ4v) is 2.18. The van der Waals surface area contributed by atoms with E-state index in [4.69, 9.17) is 11.6 Å². The summed E-state index contributed by atoms with van der Waals surface area (Å²) in [6.07, 6.45) is 2.89. The van der Waals surface area contributed by atoms with Crippen molar-refractivity contribution in [2.75, 3.05) is 11.9 Å². The maximum absolute atomic E-state index is 5.94. The maximum Gasteiger partial charge on any atom is 0.227 e. The second-order valence-corrected chi connectivity index (χ2v) is 4.66. The Morgan fingerprint density at radius 3 is 3.17 bits per heavy atom. The highest BCUT2D eigenvalue weighted by Gasteiger charge is 2.11. The van der Waals surface area contributed by atoms with Gasteiger partial charge in [0.15, 0.2) is 0 Å². The Kier molecular flexibility index (Phi) is 3.13. The van der Waals surface area contributed by atoms with E-state index in [1.807, 2.05) is 30.5 Å². The highest BCUT2D eigenvalue weighted by molar-refractivity contribution is 6.30. The van der Waals surface area contributed by atoms with Crippen molar-refractivity contribution < 1.29 is 0 Å². The largest absolute Gasteiger partial charge is 0.324 e. The normalized spacial score (nSPS) is 14.1. The van der Waals surface area contributed by atoms with Crippen LogP contribution in [0.3, 0.4) is 0 Å². The average Bonchev–Trinajstić information content (AvgIpc) is 2.39. The number of halogens is 1. The van der Waals surface area contributed by atoms with Gasteiger partial charge in [-0.1, -0.05) is 17.7 Å². The molecule has 4 nitrogen and oxygen atoms in total. The molecule has 1 aliphatic heterocycles. The predicted molar refractivity (Wildman–Crippen MR) is 72.2 cm³/mol. The Balaban J connectivity index is 1.85. The van der Waals surface area contributed by atoms with E-state index < -0.39 is 0 Å². The molecule has 0 aliphatic carbocycles. The van der Waals surface area contributed by atoms with E-state index in [0.29, 0.717) is 11.0 Å². The molecule has 0 spiro atoms. The number of benzene rings is 1. The first-order chi connectivity index (χ1) is 8.81. The van der Waals surface area contributed by atoms with Crippen molar-refractivity contribution in [1.29, 1.82) is 0 Å². The number of anilines is 2. The Bertz CT molecular complexity index is 571. The fourth-order valence-electron chi connectivity index (χ4n) is 1.99. The van der Waals surface area contributed by atoms with Crippen molar-refractivity contribution in [1.82, 2.24) is 15.3 Å². The van der Waals surface area contributed by atoms with Gasteiger partial charge in [0.2, 0.25) is 5.95 Å². The molecule has 5 heteroatoms. The van der Waals surface area contributed by atoms with Gasteiger partial charge in [-0.2, -0.15) is 0 Å². The average molecular weight is 261 g/mol. The zero-order valence-electron chi connectivity index (χ0n) is 9.78. The second kappa shape index (κ2) is 4.92. The number of aromatic nitrogens is 2. The second-order valence-electron chi connectivity index (χ2n) is 4.23. The van der Waals surface area contributed by atoms with Gasteiger partial charge in [-0.15, -0.1) is 0 Å². The molecule has 0 fully saturated rings. The zero-order chi connectivity index (χ0) is 12.4. The molecule has 1 aliphatic rings. The summed E-state index contributed by atoms with van der Waals surface area (Å²) in [5, 5.41) is 7.16. The van der Waals surface area contributed by atoms with E-state index in [-0.39, 0.29) is 0 Å². The minimum Gasteiger partial charge on any atom is -0.324 e. The highest BCUT2D eigenvalue weighted by atomic mass is 35.5. The quantitative estimate of drug-likeness (QED) is 0.871. The first-order valence-electron chi connectivity index (χ1n) is 5.89. The summed E-state index contributed by atoms with van der Waals surface area (Å²) in [6, 6.07) is 7.52. The van der Waals surface area contributed by atoms with Crippen LogP contribution >= 0.6 is 11.6 Å². The van der Waals surface area contributed by atoms with Crippen LogP contribution in [0.5, 0.6) is 0 Å². The third-order valence-corrected chi connectivity index (χ3v) is 3.13. The van der Waals surface area contributed by atoms with Crippen LogP contribution in [0.25, 0.3) is 0 Å². The van der Waals surface area contributed by atoms with Crippen molar-refractivity contribution in [3.05, 3.63) is 46.7 Å². The van der Waals surface area contributed by atoms with Gasteiger partial charge in [0.05, 0.1) is 5.69 Å². The molecule has 1 aromatic carbocycles. The summed E-state index contributed by atoms with van der Waals surface area (Å²) in [6.45, 7) is 1.81. The van der Waals surface area contributed by atoms with Crippen LogP contribution in [-0.2, 0) is 13.0 Å². The Morgan fingerprint density at radius 2 is 2.28 bits per heavy atom. The highest BCUT2D eigenvalue weighted by Crippen LogP contribution is 2.19. The molecule has 0 amide bonds. The summed E-state index contributed by atoms with van der Waals surface area (Å²) < 4.78 is 0. The van der Waals surface area contributed by atoms with Gasteiger partial charge >= 0.3 is 0 Å². The number of nitrogens with zero attached hydrogens (tertiary/aromatic N) is 2. The van der Waals surface area contributed by atoms with E-state index in [1.165, 1.54) is 5.56 Å². The van der Waals surface area contributed by atoms with Crippen molar-refractivity contribution >= 4 is 23.2 Å². The van der Waals surface area contributed by atoms with Crippen LogP contribution in [0, 0.1) is 0 Å². The Hall–Kier alpha value is -1.65. The third kappa shape index (κ3) is 2.44. The van der Waals surface area contributed by atoms with E-state index in [2.05, 4.69) is 20.6 Å². The summed E-state index contributed by atoms with van der Waals surface area (Å²) in [7, 11) is 0. The van der Waals surface area contributed by atoms with Gasteiger partial charge in [-0.05, 0) is 36.7 Å². The van der Waals surface area contributed by atoms with Crippen molar-refractivity contribution in [2.24, 2.45) is 0 Å². The molecule has 3 rings (SSSR count). The Labute approximate surface area is 110 Å². The molecule has 18 heavy (non-hydrogen) atoms. The van der Waals surface area contributed by atoms with Crippen LogP contribution in [0.2, 0.25) is 5.02 Å². The van der Waals surface area contributed by atoms with Gasteiger partial charge in [-0.3, -0.25) is 0 Å². The number of rotatable bonds is 2. The van der Waals surface area contributed by atoms with Crippen LogP contribution in [0.1, 0.15) is 11.3 Å². The predicted octanol–water partition coefficient (Wildman–Crippen LogP) is 2.52. The summed E-state index contributed by atoms with van der Waals surface area (Å²) in [5.74, 6) is 0.611. The molecular weight excluding hydrogens is 248 g/mol. The topological polar surface area (TPSA) is 49.8 Å². The number of fused-ring (bicyclic) bond motifs is 1. The molecular formula is C13H13ClN4. The van der Waals surface area contributed by atoms with Crippen LogP contribution in [0.4, 0.5) is 11.6 Å². The smallest absolute Gasteiger partial charge is 0.227 e. The molecule has 0 unspecified atom stereocenters. The molecule has 2 heterocycles. The minimum absolute atomic E-state index is 0.611. The number of nitrogens with one attached hydrogen (secondary N) is 2. The van der Waals surface area contributed by atoms with Gasteiger partial charge in [-0.25, -0.2) is 9.97 Å². The van der Waals surface area contributed by atoms with E-state index in [0.717, 1.165) is 30.9 Å². The molecule has 1 aromatic heterocycles. The molecule has 0 radical (unpaired) electrons. The molecule has 0 saturated carbocycles. The molecule has 0 saturated heterocycles. The first kappa shape index (κ1) is 11.4. The van der Waals surface area contributed by atoms with Crippen molar-refractivity contribution in [2.45, 2.75) is 13.0 Å². The molecule has 0 atom stereocenters. The summed E-state index contributed by atoms with van der Waals surface area (Å²) in [4.78, 5) is 8.83. The molecule has 2 N–H and O–H groups in total. The van der Waals surface area contributed by atoms with E-state index >= 15 is 0 Å². The lowest BCUT2D eigenvalue weighted by molar-refractivity contribution is 0.624. The SMILES string of the molecule is Clc1cccc(Nc2ncc3c(n2)CNCC3)c1. The van der Waals surface area contributed by atoms with Crippen LogP contribution < -0.4 is 10.6 Å². The third-order valence-electron chi connectivity index (χ3n) is 2.90. The van der Waals surface area contributed by atoms with Crippen LogP contribution in [0.15, 0.2) is 30.5 Å². The van der Waals surface area contributed by atoms with E-state index in [1.54, 1.807) is 0 Å². The van der Waals surface area contributed by atoms with E-state index in [9.17, 15) is 0 Å². The maximum atomic E-state index is 5.94. The number of hydrogen-bond acceptors (Lipinski definition) is 4. The summed E-state index contributed by atoms with van der Waals surface area (Å²) in [5.41, 5.74) is 3.19. The first-order valence-corrected chi connectivity index (χ1v) is 6.27. The standard InChI is InChI=1S/C13H13ClN4/c14-10-2-1-3-11(6-10)17-13-16-7-9-4-5-15-8-12(9)18-13/h1-3,6-7,15H,4-5,8H2,(H,16,17,18). The van der Waals surface area contributed by atoms with Gasteiger partial charge in [0, 0.05) is 23.5 Å². The van der Waals surface area contributed by atoms with Crippen molar-refractivity contribution in [3.8, 4) is 0 Å². The fraction of sp³-hybridized carbons (Fsp3) is 0.231. The lowest BCUT2D eigenvalue weighted by Crippen LogP contribution is -2.25. The van der Waals surface area contributed by atoms with Gasteiger partial charge in [0.1, 0.15) is 0 Å². The molecule has 0 bridgehead atoms. The number of hydrogen-bond donors (Lipinski definition) is 2.